The van der Waals surface area contributed by atoms with E-state index in [0.717, 1.165) is 5.56 Å². The summed E-state index contributed by atoms with van der Waals surface area (Å²) in [7, 11) is -2.76. The van der Waals surface area contributed by atoms with Crippen molar-refractivity contribution in [2.45, 2.75) is 22.3 Å². The molecule has 32 heavy (non-hydrogen) atoms. The molecule has 3 aromatic rings. The second kappa shape index (κ2) is 8.39. The zero-order valence-electron chi connectivity index (χ0n) is 17.1. The van der Waals surface area contributed by atoms with E-state index in [1.807, 2.05) is 30.3 Å². The second-order valence-electron chi connectivity index (χ2n) is 7.28. The second-order valence-corrected chi connectivity index (χ2v) is 9.17. The van der Waals surface area contributed by atoms with Crippen molar-refractivity contribution in [2.75, 3.05) is 7.11 Å². The predicted octanol–water partition coefficient (Wildman–Crippen LogP) is 2.58. The third kappa shape index (κ3) is 3.80. The third-order valence-electron chi connectivity index (χ3n) is 5.27. The van der Waals surface area contributed by atoms with Crippen molar-refractivity contribution < 1.29 is 27.5 Å². The summed E-state index contributed by atoms with van der Waals surface area (Å²) >= 11 is 0. The van der Waals surface area contributed by atoms with Gasteiger partial charge in [0.25, 0.3) is 5.91 Å². The van der Waals surface area contributed by atoms with E-state index in [4.69, 9.17) is 4.74 Å². The quantitative estimate of drug-likeness (QED) is 0.470. The molecule has 4 rings (SSSR count). The Kier molecular flexibility index (Phi) is 5.63. The Hall–Kier alpha value is -3.78. The number of amides is 1. The van der Waals surface area contributed by atoms with Crippen molar-refractivity contribution in [3.63, 3.8) is 0 Å². The average Bonchev–Trinajstić information content (AvgIpc) is 2.82. The largest absolute Gasteiger partial charge is 0.467 e. The van der Waals surface area contributed by atoms with Gasteiger partial charge in [0.05, 0.1) is 16.9 Å². The summed E-state index contributed by atoms with van der Waals surface area (Å²) < 4.78 is 31.0. The molecule has 1 unspecified atom stereocenters. The fraction of sp³-hybridized carbons (Fsp3) is 0.125. The molecular weight excluding hydrogens is 430 g/mol. The number of carbonyl (C=O) groups excluding carboxylic acids is 3. The van der Waals surface area contributed by atoms with Crippen LogP contribution in [0.2, 0.25) is 0 Å². The Labute approximate surface area is 185 Å². The summed E-state index contributed by atoms with van der Waals surface area (Å²) in [6.45, 7) is 0. The minimum atomic E-state index is -3.98. The summed E-state index contributed by atoms with van der Waals surface area (Å²) in [4.78, 5) is 37.6. The first-order valence-corrected chi connectivity index (χ1v) is 11.3. The predicted molar refractivity (Wildman–Crippen MR) is 115 cm³/mol. The van der Waals surface area contributed by atoms with E-state index in [0.29, 0.717) is 0 Å². The van der Waals surface area contributed by atoms with E-state index in [1.54, 1.807) is 6.07 Å². The molecule has 0 fully saturated rings. The van der Waals surface area contributed by atoms with Gasteiger partial charge < -0.3 is 10.1 Å². The maximum atomic E-state index is 13.1. The highest BCUT2D eigenvalue weighted by atomic mass is 32.2. The number of hydrogen-bond donors (Lipinski definition) is 1. The van der Waals surface area contributed by atoms with Crippen LogP contribution < -0.4 is 5.32 Å². The van der Waals surface area contributed by atoms with Gasteiger partial charge in [-0.15, -0.1) is 0 Å². The van der Waals surface area contributed by atoms with Gasteiger partial charge >= 0.3 is 5.97 Å². The van der Waals surface area contributed by atoms with E-state index in [-0.39, 0.29) is 32.9 Å². The van der Waals surface area contributed by atoms with Crippen molar-refractivity contribution in [1.29, 1.82) is 0 Å². The lowest BCUT2D eigenvalue weighted by Crippen LogP contribution is -2.43. The summed E-state index contributed by atoms with van der Waals surface area (Å²) in [6.07, 6.45) is 0.203. The van der Waals surface area contributed by atoms with Crippen molar-refractivity contribution in [1.82, 2.24) is 5.32 Å². The zero-order valence-corrected chi connectivity index (χ0v) is 17.9. The zero-order chi connectivity index (χ0) is 22.9. The number of sulfone groups is 1. The van der Waals surface area contributed by atoms with Gasteiger partial charge in [0.15, 0.2) is 5.78 Å². The van der Waals surface area contributed by atoms with Crippen LogP contribution in [0, 0.1) is 0 Å². The molecular formula is C24H19NO6S. The molecule has 0 bridgehead atoms. The number of nitrogens with one attached hydrogen (secondary N) is 1. The molecule has 1 N–H and O–H groups in total. The highest BCUT2D eigenvalue weighted by molar-refractivity contribution is 7.91. The minimum Gasteiger partial charge on any atom is -0.467 e. The topological polar surface area (TPSA) is 107 Å². The van der Waals surface area contributed by atoms with Crippen LogP contribution >= 0.6 is 0 Å². The molecule has 0 aliphatic carbocycles. The van der Waals surface area contributed by atoms with Crippen LogP contribution in [0.4, 0.5) is 0 Å². The van der Waals surface area contributed by atoms with Gasteiger partial charge in [0.2, 0.25) is 9.84 Å². The fourth-order valence-electron chi connectivity index (χ4n) is 3.65. The van der Waals surface area contributed by atoms with Crippen molar-refractivity contribution in [3.05, 3.63) is 95.1 Å². The van der Waals surface area contributed by atoms with Crippen LogP contribution in [0.25, 0.3) is 0 Å². The maximum Gasteiger partial charge on any atom is 0.328 e. The number of methoxy groups -OCH3 is 1. The van der Waals surface area contributed by atoms with Gasteiger partial charge in [0, 0.05) is 23.1 Å². The molecule has 1 aliphatic heterocycles. The highest BCUT2D eigenvalue weighted by Crippen LogP contribution is 2.34. The van der Waals surface area contributed by atoms with Crippen molar-refractivity contribution in [2.24, 2.45) is 0 Å². The molecule has 8 heteroatoms. The lowest BCUT2D eigenvalue weighted by molar-refractivity contribution is -0.142. The normalized spacial score (nSPS) is 14.6. The molecule has 0 spiro atoms. The van der Waals surface area contributed by atoms with E-state index in [9.17, 15) is 22.8 Å². The van der Waals surface area contributed by atoms with E-state index < -0.39 is 33.5 Å². The van der Waals surface area contributed by atoms with Crippen molar-refractivity contribution >= 4 is 27.5 Å². The molecule has 0 saturated carbocycles. The number of ketones is 1. The molecule has 0 radical (unpaired) electrons. The Morgan fingerprint density at radius 3 is 2.28 bits per heavy atom. The molecule has 3 aromatic carbocycles. The smallest absolute Gasteiger partial charge is 0.328 e. The molecule has 1 heterocycles. The molecule has 1 aliphatic rings. The van der Waals surface area contributed by atoms with Crippen LogP contribution in [0.3, 0.4) is 0 Å². The first kappa shape index (κ1) is 21.5. The van der Waals surface area contributed by atoms with Gasteiger partial charge in [-0.3, -0.25) is 9.59 Å². The number of esters is 1. The summed E-state index contributed by atoms with van der Waals surface area (Å²) in [5.41, 5.74) is 0.944. The van der Waals surface area contributed by atoms with Crippen LogP contribution in [-0.4, -0.2) is 39.2 Å². The molecule has 1 amide bonds. The first-order valence-electron chi connectivity index (χ1n) is 9.78. The fourth-order valence-corrected chi connectivity index (χ4v) is 5.33. The summed E-state index contributed by atoms with van der Waals surface area (Å²) in [6, 6.07) is 18.0. The lowest BCUT2D eigenvalue weighted by atomic mass is 10.0. The number of rotatable bonds is 5. The monoisotopic (exact) mass is 449 g/mol. The minimum absolute atomic E-state index is 0.00838. The van der Waals surface area contributed by atoms with Gasteiger partial charge in [-0.05, 0) is 35.9 Å². The van der Waals surface area contributed by atoms with Gasteiger partial charge in [-0.2, -0.15) is 0 Å². The van der Waals surface area contributed by atoms with Gasteiger partial charge in [0.1, 0.15) is 6.04 Å². The average molecular weight is 449 g/mol. The Balaban J connectivity index is 1.66. The van der Waals surface area contributed by atoms with E-state index >= 15 is 0 Å². The first-order chi connectivity index (χ1) is 15.3. The van der Waals surface area contributed by atoms with Crippen molar-refractivity contribution in [3.8, 4) is 0 Å². The van der Waals surface area contributed by atoms with Crippen LogP contribution in [0.5, 0.6) is 0 Å². The van der Waals surface area contributed by atoms with Crippen LogP contribution in [-0.2, 0) is 25.8 Å². The SMILES string of the molecule is COC(=O)C(Cc1ccccc1)NC(=O)c1ccc2c(c1)S(=O)(=O)c1ccccc1C2=O. The molecule has 7 nitrogen and oxygen atoms in total. The number of ether oxygens (including phenoxy) is 1. The van der Waals surface area contributed by atoms with Gasteiger partial charge in [-0.1, -0.05) is 42.5 Å². The lowest BCUT2D eigenvalue weighted by Gasteiger charge is -2.20. The summed E-state index contributed by atoms with van der Waals surface area (Å²) in [5.74, 6) is -1.70. The van der Waals surface area contributed by atoms with Crippen LogP contribution in [0.1, 0.15) is 31.8 Å². The van der Waals surface area contributed by atoms with E-state index in [1.165, 1.54) is 43.5 Å². The summed E-state index contributed by atoms with van der Waals surface area (Å²) in [5, 5.41) is 2.60. The standard InChI is InChI=1S/C24H19NO6S/c1-31-24(28)19(13-15-7-3-2-4-8-15)25-23(27)16-11-12-18-21(14-16)32(29,30)20-10-6-5-9-17(20)22(18)26/h2-12,14,19H,13H2,1H3,(H,25,27). The number of benzene rings is 3. The molecule has 162 valence electrons. The third-order valence-corrected chi connectivity index (χ3v) is 7.12. The highest BCUT2D eigenvalue weighted by Gasteiger charge is 2.35. The van der Waals surface area contributed by atoms with Crippen LogP contribution in [0.15, 0.2) is 82.6 Å². The molecule has 0 saturated heterocycles. The number of carbonyl (C=O) groups is 3. The number of hydrogen-bond acceptors (Lipinski definition) is 6. The van der Waals surface area contributed by atoms with Gasteiger partial charge in [-0.25, -0.2) is 13.2 Å². The van der Waals surface area contributed by atoms with E-state index in [2.05, 4.69) is 5.32 Å². The molecule has 1 atom stereocenters. The Morgan fingerprint density at radius 2 is 1.56 bits per heavy atom. The Bertz CT molecular complexity index is 1330. The Morgan fingerprint density at radius 1 is 0.906 bits per heavy atom. The number of fused-ring (bicyclic) bond motifs is 2. The molecule has 0 aromatic heterocycles. The maximum absolute atomic E-state index is 13.1.